The molecular weight excluding hydrogens is 645 g/mol. The van der Waals surface area contributed by atoms with E-state index in [-0.39, 0.29) is 0 Å². The number of hydrogen-bond donors (Lipinski definition) is 0. The first kappa shape index (κ1) is 28.0. The standard InChI is InChI=1S/C46H28N2S2/c1-2-14-30(15-3-1)47-36-19-7-4-17-32(36)45-38(47)21-11-22-39(45)48(40-23-12-26-43-46(40)33-18-6-9-25-42(33)49-43)37-20-10-13-29-27-44-35(28-34(29)37)31-16-5-8-24-41(31)50-44/h1-28H. The van der Waals surface area contributed by atoms with Crippen molar-refractivity contribution in [3.05, 3.63) is 170 Å². The van der Waals surface area contributed by atoms with Crippen LogP contribution in [0.25, 0.3) is 78.6 Å². The van der Waals surface area contributed by atoms with Gasteiger partial charge < -0.3 is 9.47 Å². The predicted octanol–water partition coefficient (Wildman–Crippen LogP) is 14.1. The fraction of sp³-hybridized carbons (Fsp3) is 0. The fourth-order valence-electron chi connectivity index (χ4n) is 8.05. The zero-order chi connectivity index (χ0) is 32.8. The SMILES string of the molecule is c1ccc(-n2c3ccccc3c3c(N(c4cccc5cc6sc7ccccc7c6cc45)c4cccc5sc6ccccc6c45)cccc32)cc1. The summed E-state index contributed by atoms with van der Waals surface area (Å²) in [5.41, 5.74) is 7.07. The normalized spacial score (nSPS) is 12.0. The minimum absolute atomic E-state index is 1.16. The van der Waals surface area contributed by atoms with Crippen LogP contribution in [0, 0.1) is 0 Å². The Labute approximate surface area is 296 Å². The lowest BCUT2D eigenvalue weighted by Gasteiger charge is -2.29. The number of hydrogen-bond acceptors (Lipinski definition) is 3. The lowest BCUT2D eigenvalue weighted by Crippen LogP contribution is -2.11. The van der Waals surface area contributed by atoms with E-state index in [4.69, 9.17) is 0 Å². The van der Waals surface area contributed by atoms with E-state index in [1.165, 1.54) is 90.0 Å². The number of nitrogens with zero attached hydrogens (tertiary/aromatic N) is 2. The number of thiophene rings is 2. The summed E-state index contributed by atoms with van der Waals surface area (Å²) in [6.45, 7) is 0. The second-order valence-corrected chi connectivity index (χ2v) is 15.1. The largest absolute Gasteiger partial charge is 0.309 e. The summed E-state index contributed by atoms with van der Waals surface area (Å²) in [5, 5.41) is 10.2. The molecule has 50 heavy (non-hydrogen) atoms. The van der Waals surface area contributed by atoms with E-state index in [0.29, 0.717) is 0 Å². The van der Waals surface area contributed by atoms with Gasteiger partial charge in [0.25, 0.3) is 0 Å². The molecule has 0 N–H and O–H groups in total. The van der Waals surface area contributed by atoms with Gasteiger partial charge in [0.1, 0.15) is 0 Å². The molecule has 0 saturated carbocycles. The molecule has 4 heteroatoms. The van der Waals surface area contributed by atoms with Gasteiger partial charge in [-0.2, -0.15) is 0 Å². The van der Waals surface area contributed by atoms with Crippen molar-refractivity contribution < 1.29 is 0 Å². The van der Waals surface area contributed by atoms with E-state index in [1.807, 2.05) is 22.7 Å². The van der Waals surface area contributed by atoms with Crippen molar-refractivity contribution in [2.24, 2.45) is 0 Å². The second-order valence-electron chi connectivity index (χ2n) is 12.9. The van der Waals surface area contributed by atoms with Crippen LogP contribution in [0.5, 0.6) is 0 Å². The first-order valence-corrected chi connectivity index (χ1v) is 18.6. The van der Waals surface area contributed by atoms with Gasteiger partial charge in [-0.25, -0.2) is 0 Å². The van der Waals surface area contributed by atoms with Crippen molar-refractivity contribution >= 4 is 113 Å². The lowest BCUT2D eigenvalue weighted by atomic mass is 10.0. The van der Waals surface area contributed by atoms with E-state index in [1.54, 1.807) is 0 Å². The summed E-state index contributed by atoms with van der Waals surface area (Å²) in [7, 11) is 0. The number of rotatable bonds is 4. The van der Waals surface area contributed by atoms with E-state index in [0.717, 1.165) is 5.69 Å². The van der Waals surface area contributed by atoms with Gasteiger partial charge in [0.2, 0.25) is 0 Å². The molecule has 0 bridgehead atoms. The molecule has 0 atom stereocenters. The Morgan fingerprint density at radius 2 is 0.960 bits per heavy atom. The first-order valence-electron chi connectivity index (χ1n) is 16.9. The fourth-order valence-corrected chi connectivity index (χ4v) is 10.3. The Balaban J connectivity index is 1.30. The smallest absolute Gasteiger partial charge is 0.0562 e. The Kier molecular flexibility index (Phi) is 6.03. The Morgan fingerprint density at radius 3 is 1.82 bits per heavy atom. The summed E-state index contributed by atoms with van der Waals surface area (Å²) >= 11 is 3.75. The van der Waals surface area contributed by atoms with E-state index in [2.05, 4.69) is 179 Å². The molecule has 0 spiro atoms. The van der Waals surface area contributed by atoms with Crippen LogP contribution in [0.3, 0.4) is 0 Å². The Hall–Kier alpha value is -5.94. The van der Waals surface area contributed by atoms with Gasteiger partial charge in [0.05, 0.1) is 28.1 Å². The van der Waals surface area contributed by atoms with Gasteiger partial charge in [0, 0.05) is 62.2 Å². The predicted molar refractivity (Wildman–Crippen MR) is 219 cm³/mol. The highest BCUT2D eigenvalue weighted by Crippen LogP contribution is 2.50. The molecule has 0 fully saturated rings. The number of fused-ring (bicyclic) bond motifs is 10. The van der Waals surface area contributed by atoms with Gasteiger partial charge in [-0.3, -0.25) is 0 Å². The van der Waals surface area contributed by atoms with E-state index >= 15 is 0 Å². The summed E-state index contributed by atoms with van der Waals surface area (Å²) in [5.74, 6) is 0. The summed E-state index contributed by atoms with van der Waals surface area (Å²) < 4.78 is 7.65. The molecular formula is C46H28N2S2. The van der Waals surface area contributed by atoms with Crippen LogP contribution in [-0.2, 0) is 0 Å². The highest BCUT2D eigenvalue weighted by atomic mass is 32.1. The minimum atomic E-state index is 1.16. The van der Waals surface area contributed by atoms with Crippen LogP contribution in [-0.4, -0.2) is 4.57 Å². The van der Waals surface area contributed by atoms with Crippen molar-refractivity contribution in [1.82, 2.24) is 4.57 Å². The van der Waals surface area contributed by atoms with Crippen molar-refractivity contribution in [2.45, 2.75) is 0 Å². The van der Waals surface area contributed by atoms with Crippen LogP contribution in [0.15, 0.2) is 170 Å². The van der Waals surface area contributed by atoms with Crippen LogP contribution in [0.4, 0.5) is 17.1 Å². The highest BCUT2D eigenvalue weighted by molar-refractivity contribution is 7.26. The Morgan fingerprint density at radius 1 is 0.360 bits per heavy atom. The first-order chi connectivity index (χ1) is 24.8. The highest BCUT2D eigenvalue weighted by Gasteiger charge is 2.25. The maximum Gasteiger partial charge on any atom is 0.0562 e. The van der Waals surface area contributed by atoms with Crippen LogP contribution < -0.4 is 4.90 Å². The number of anilines is 3. The Bertz CT molecular complexity index is 3110. The third kappa shape index (κ3) is 4.01. The quantitative estimate of drug-likeness (QED) is 0.181. The molecule has 0 aliphatic rings. The maximum absolute atomic E-state index is 2.55. The van der Waals surface area contributed by atoms with Crippen molar-refractivity contribution in [2.75, 3.05) is 4.90 Å². The molecule has 0 aliphatic carbocycles. The number of para-hydroxylation sites is 2. The summed E-state index contributed by atoms with van der Waals surface area (Å²) in [6, 6.07) is 62.5. The number of benzene rings is 8. The third-order valence-corrected chi connectivity index (χ3v) is 12.4. The number of aromatic nitrogens is 1. The van der Waals surface area contributed by atoms with Crippen molar-refractivity contribution in [1.29, 1.82) is 0 Å². The third-order valence-electron chi connectivity index (χ3n) is 10.1. The van der Waals surface area contributed by atoms with Gasteiger partial charge in [0.15, 0.2) is 0 Å². The maximum atomic E-state index is 2.55. The average molecular weight is 673 g/mol. The molecule has 234 valence electrons. The minimum Gasteiger partial charge on any atom is -0.309 e. The van der Waals surface area contributed by atoms with Gasteiger partial charge in [-0.05, 0) is 78.2 Å². The molecule has 0 amide bonds. The molecule has 11 aromatic rings. The zero-order valence-corrected chi connectivity index (χ0v) is 28.5. The molecule has 3 aromatic heterocycles. The van der Waals surface area contributed by atoms with Gasteiger partial charge >= 0.3 is 0 Å². The summed E-state index contributed by atoms with van der Waals surface area (Å²) in [6.07, 6.45) is 0. The monoisotopic (exact) mass is 672 g/mol. The molecule has 0 aliphatic heterocycles. The van der Waals surface area contributed by atoms with Crippen molar-refractivity contribution in [3.8, 4) is 5.69 Å². The second kappa shape index (κ2) is 10.8. The molecule has 11 rings (SSSR count). The molecule has 0 radical (unpaired) electrons. The molecule has 2 nitrogen and oxygen atoms in total. The van der Waals surface area contributed by atoms with E-state index in [9.17, 15) is 0 Å². The zero-order valence-electron chi connectivity index (χ0n) is 26.9. The lowest BCUT2D eigenvalue weighted by molar-refractivity contribution is 1.18. The average Bonchev–Trinajstić information content (AvgIpc) is 3.84. The molecule has 3 heterocycles. The topological polar surface area (TPSA) is 8.17 Å². The summed E-state index contributed by atoms with van der Waals surface area (Å²) in [4.78, 5) is 2.55. The van der Waals surface area contributed by atoms with Crippen LogP contribution in [0.2, 0.25) is 0 Å². The van der Waals surface area contributed by atoms with Crippen LogP contribution >= 0.6 is 22.7 Å². The molecule has 8 aromatic carbocycles. The van der Waals surface area contributed by atoms with Crippen LogP contribution in [0.1, 0.15) is 0 Å². The van der Waals surface area contributed by atoms with Crippen molar-refractivity contribution in [3.63, 3.8) is 0 Å². The molecule has 0 unspecified atom stereocenters. The van der Waals surface area contributed by atoms with Gasteiger partial charge in [-0.1, -0.05) is 97.1 Å². The molecule has 0 saturated heterocycles. The van der Waals surface area contributed by atoms with Gasteiger partial charge in [-0.15, -0.1) is 22.7 Å². The van der Waals surface area contributed by atoms with E-state index < -0.39 is 0 Å².